The first kappa shape index (κ1) is 28.9. The second-order valence-electron chi connectivity index (χ2n) is 11.4. The number of hydrogen-bond acceptors (Lipinski definition) is 6. The summed E-state index contributed by atoms with van der Waals surface area (Å²) in [5, 5.41) is 0. The van der Waals surface area contributed by atoms with Gasteiger partial charge in [0.2, 0.25) is 0 Å². The number of rotatable bonds is 6. The quantitative estimate of drug-likeness (QED) is 0.212. The fourth-order valence-electron chi connectivity index (χ4n) is 5.28. The topological polar surface area (TPSA) is 76.2 Å². The molecule has 3 aromatic carbocycles. The van der Waals surface area contributed by atoms with Gasteiger partial charge in [0.05, 0.1) is 0 Å². The van der Waals surface area contributed by atoms with E-state index in [1.165, 1.54) is 34.4 Å². The molecule has 1 aliphatic heterocycles. The molecule has 0 bridgehead atoms. The Morgan fingerprint density at radius 1 is 0.951 bits per heavy atom. The van der Waals surface area contributed by atoms with Crippen molar-refractivity contribution < 1.29 is 26.0 Å². The number of hydrogen-bond donors (Lipinski definition) is 0. The fourth-order valence-corrected chi connectivity index (χ4v) is 6.12. The van der Waals surface area contributed by atoms with Crippen LogP contribution in [0.1, 0.15) is 28.2 Å². The zero-order valence-electron chi connectivity index (χ0n) is 23.4. The summed E-state index contributed by atoms with van der Waals surface area (Å²) in [6, 6.07) is 21.3. The highest BCUT2D eigenvalue weighted by atomic mass is 32.3. The average Bonchev–Trinajstić information content (AvgIpc) is 3.23. The lowest BCUT2D eigenvalue weighted by Gasteiger charge is -2.34. The molecule has 10 heteroatoms. The zero-order chi connectivity index (χ0) is 29.2. The number of piperazine rings is 1. The van der Waals surface area contributed by atoms with Crippen molar-refractivity contribution in [3.05, 3.63) is 89.0 Å². The summed E-state index contributed by atoms with van der Waals surface area (Å²) in [6.45, 7) is 9.25. The van der Waals surface area contributed by atoms with Crippen LogP contribution in [0.3, 0.4) is 0 Å². The highest BCUT2D eigenvalue weighted by molar-refractivity contribution is 7.81. The molecule has 1 heterocycles. The van der Waals surface area contributed by atoms with Gasteiger partial charge >= 0.3 is 16.6 Å². The molecule has 7 nitrogen and oxygen atoms in total. The predicted octanol–water partition coefficient (Wildman–Crippen LogP) is 5.58. The Morgan fingerprint density at radius 3 is 2.15 bits per heavy atom. The summed E-state index contributed by atoms with van der Waals surface area (Å²) in [6.07, 6.45) is -0.334. The Morgan fingerprint density at radius 2 is 1.56 bits per heavy atom. The minimum atomic E-state index is -5.16. The molecular formula is C31H33FN2O5SSi. The minimum absolute atomic E-state index is 0.00788. The van der Waals surface area contributed by atoms with Crippen molar-refractivity contribution in [3.8, 4) is 28.3 Å². The maximum absolute atomic E-state index is 13.3. The molecule has 0 atom stereocenters. The van der Waals surface area contributed by atoms with Crippen molar-refractivity contribution in [2.45, 2.75) is 32.1 Å². The number of carbonyl (C=O) groups is 1. The summed E-state index contributed by atoms with van der Waals surface area (Å²) >= 11 is 0. The van der Waals surface area contributed by atoms with Gasteiger partial charge in [0, 0.05) is 44.2 Å². The molecule has 5 rings (SSSR count). The van der Waals surface area contributed by atoms with E-state index in [9.17, 15) is 17.1 Å². The molecule has 0 N–H and O–H groups in total. The van der Waals surface area contributed by atoms with E-state index in [1.807, 2.05) is 30.3 Å². The van der Waals surface area contributed by atoms with Crippen LogP contribution in [0, 0.1) is 11.5 Å². The molecular weight excluding hydrogens is 560 g/mol. The number of benzene rings is 3. The predicted molar refractivity (Wildman–Crippen MR) is 159 cm³/mol. The third-order valence-corrected chi connectivity index (χ3v) is 8.38. The lowest BCUT2D eigenvalue weighted by Crippen LogP contribution is -2.48. The second kappa shape index (κ2) is 11.7. The smallest absolute Gasteiger partial charge is 0.448 e. The van der Waals surface area contributed by atoms with Gasteiger partial charge in [0.15, 0.2) is 0 Å². The third kappa shape index (κ3) is 7.36. The number of ether oxygens (including phenoxy) is 1. The van der Waals surface area contributed by atoms with E-state index in [0.29, 0.717) is 38.3 Å². The van der Waals surface area contributed by atoms with Crippen LogP contribution in [0.4, 0.5) is 8.68 Å². The van der Waals surface area contributed by atoms with Crippen molar-refractivity contribution in [2.75, 3.05) is 32.8 Å². The van der Waals surface area contributed by atoms with Crippen LogP contribution in [-0.4, -0.2) is 65.2 Å². The summed E-state index contributed by atoms with van der Waals surface area (Å²) in [7, 11) is -6.85. The number of nitrogens with zero attached hydrogens (tertiary/aromatic N) is 2. The lowest BCUT2D eigenvalue weighted by atomic mass is 9.98. The molecule has 1 fully saturated rings. The summed E-state index contributed by atoms with van der Waals surface area (Å²) < 4.78 is 45.8. The molecule has 1 aliphatic carbocycles. The van der Waals surface area contributed by atoms with E-state index < -0.39 is 18.6 Å². The summed E-state index contributed by atoms with van der Waals surface area (Å²) in [4.78, 5) is 16.8. The highest BCUT2D eigenvalue weighted by Gasteiger charge is 2.30. The summed E-state index contributed by atoms with van der Waals surface area (Å²) in [5.41, 5.74) is 9.28. The minimum Gasteiger partial charge on any atom is -0.448 e. The first-order valence-electron chi connectivity index (χ1n) is 13.6. The SMILES string of the molecule is C[Si](C)(C)C#Cc1cc(CN2CCN(C(=O)OCC3c4ccccc4-c4ccccc43)CC2)cc(OS(=O)(=O)F)c1. The first-order chi connectivity index (χ1) is 19.4. The number of halogens is 1. The van der Waals surface area contributed by atoms with E-state index in [1.54, 1.807) is 4.90 Å². The molecule has 1 saturated heterocycles. The lowest BCUT2D eigenvalue weighted by molar-refractivity contribution is 0.0728. The van der Waals surface area contributed by atoms with Crippen molar-refractivity contribution >= 4 is 24.7 Å². The van der Waals surface area contributed by atoms with Crippen molar-refractivity contribution in [1.29, 1.82) is 0 Å². The van der Waals surface area contributed by atoms with Crippen LogP contribution >= 0.6 is 0 Å². The van der Waals surface area contributed by atoms with Gasteiger partial charge in [-0.2, -0.15) is 8.42 Å². The van der Waals surface area contributed by atoms with Gasteiger partial charge in [0.25, 0.3) is 0 Å². The van der Waals surface area contributed by atoms with Gasteiger partial charge in [-0.25, -0.2) is 4.79 Å². The molecule has 0 aromatic heterocycles. The molecule has 0 saturated carbocycles. The number of fused-ring (bicyclic) bond motifs is 3. The number of amides is 1. The Kier molecular flexibility index (Phi) is 8.22. The maximum Gasteiger partial charge on any atom is 0.488 e. The molecule has 0 spiro atoms. The van der Waals surface area contributed by atoms with Gasteiger partial charge in [-0.3, -0.25) is 4.90 Å². The van der Waals surface area contributed by atoms with E-state index in [-0.39, 0.29) is 24.4 Å². The largest absolute Gasteiger partial charge is 0.488 e. The molecule has 1 amide bonds. The first-order valence-corrected chi connectivity index (χ1v) is 18.4. The molecule has 3 aromatic rings. The second-order valence-corrected chi connectivity index (χ2v) is 17.1. The van der Waals surface area contributed by atoms with Crippen LogP contribution in [0.5, 0.6) is 5.75 Å². The van der Waals surface area contributed by atoms with E-state index >= 15 is 0 Å². The van der Waals surface area contributed by atoms with E-state index in [0.717, 1.165) is 5.56 Å². The van der Waals surface area contributed by atoms with Crippen LogP contribution in [0.2, 0.25) is 19.6 Å². The Balaban J connectivity index is 1.20. The van der Waals surface area contributed by atoms with Crippen molar-refractivity contribution in [1.82, 2.24) is 9.80 Å². The standard InChI is InChI=1S/C31H33FN2O5SSi/c1-41(2,3)17-12-23-18-24(20-25(19-23)39-40(32,36)37)21-33-13-15-34(16-14-33)31(35)38-22-30-28-10-6-4-8-26(28)27-9-5-7-11-29(27)30/h4-11,18-20,30H,13-16,21-22H2,1-3H3. The van der Waals surface area contributed by atoms with Gasteiger partial charge in [0.1, 0.15) is 20.4 Å². The van der Waals surface area contributed by atoms with E-state index in [4.69, 9.17) is 4.74 Å². The third-order valence-electron chi connectivity index (χ3n) is 7.12. The molecule has 2 aliphatic rings. The van der Waals surface area contributed by atoms with Crippen molar-refractivity contribution in [3.63, 3.8) is 0 Å². The van der Waals surface area contributed by atoms with Crippen LogP contribution in [0.15, 0.2) is 66.7 Å². The van der Waals surface area contributed by atoms with Crippen LogP contribution in [0.25, 0.3) is 11.1 Å². The highest BCUT2D eigenvalue weighted by Crippen LogP contribution is 2.44. The molecule has 41 heavy (non-hydrogen) atoms. The van der Waals surface area contributed by atoms with E-state index in [2.05, 4.69) is 64.5 Å². The Hall–Kier alpha value is -3.65. The van der Waals surface area contributed by atoms with Crippen LogP contribution < -0.4 is 4.18 Å². The average molecular weight is 593 g/mol. The molecule has 0 unspecified atom stereocenters. The van der Waals surface area contributed by atoms with Gasteiger partial charge in [-0.05, 0) is 46.0 Å². The monoisotopic (exact) mass is 592 g/mol. The zero-order valence-corrected chi connectivity index (χ0v) is 25.2. The van der Waals surface area contributed by atoms with Crippen molar-refractivity contribution in [2.24, 2.45) is 0 Å². The van der Waals surface area contributed by atoms with Crippen LogP contribution in [-0.2, 0) is 21.8 Å². The van der Waals surface area contributed by atoms with Gasteiger partial charge in [-0.1, -0.05) is 78.0 Å². The summed E-state index contributed by atoms with van der Waals surface area (Å²) in [5.74, 6) is 2.99. The number of carbonyl (C=O) groups excluding carboxylic acids is 1. The Labute approximate surface area is 242 Å². The Bertz CT molecular complexity index is 1570. The van der Waals surface area contributed by atoms with Gasteiger partial charge in [-0.15, -0.1) is 5.54 Å². The normalized spacial score (nSPS) is 15.5. The molecule has 214 valence electrons. The maximum atomic E-state index is 13.3. The molecule has 0 radical (unpaired) electrons. The van der Waals surface area contributed by atoms with Gasteiger partial charge < -0.3 is 13.8 Å². The fraction of sp³-hybridized carbons (Fsp3) is 0.323.